The van der Waals surface area contributed by atoms with Crippen molar-refractivity contribution in [1.82, 2.24) is 4.90 Å². The molecular weight excluding hydrogens is 474 g/mol. The van der Waals surface area contributed by atoms with Gasteiger partial charge in [0.2, 0.25) is 10.0 Å². The third-order valence-electron chi connectivity index (χ3n) is 6.08. The molecule has 0 aromatic heterocycles. The van der Waals surface area contributed by atoms with Gasteiger partial charge in [0.25, 0.3) is 0 Å². The minimum Gasteiger partial charge on any atom is -0.386 e. The predicted octanol–water partition coefficient (Wildman–Crippen LogP) is 4.54. The van der Waals surface area contributed by atoms with Crippen molar-refractivity contribution in [2.24, 2.45) is 15.5 Å². The number of alkyl halides is 1. The lowest BCUT2D eigenvalue weighted by molar-refractivity contribution is 0.0830. The third-order valence-corrected chi connectivity index (χ3v) is 6.58. The smallest absolute Gasteiger partial charge is 0.249 e. The number of amidine groups is 1. The summed E-state index contributed by atoms with van der Waals surface area (Å²) in [5.41, 5.74) is -1.86. The number of halogens is 4. The highest BCUT2D eigenvalue weighted by Crippen LogP contribution is 2.42. The van der Waals surface area contributed by atoms with Gasteiger partial charge in [-0.25, -0.2) is 26.0 Å². The van der Waals surface area contributed by atoms with Crippen LogP contribution in [0.25, 0.3) is 11.1 Å². The molecule has 11 heteroatoms. The summed E-state index contributed by atoms with van der Waals surface area (Å²) in [6, 6.07) is 6.10. The average molecular weight is 498 g/mol. The number of hydrogen-bond donors (Lipinski definition) is 0. The summed E-state index contributed by atoms with van der Waals surface area (Å²) in [5.74, 6) is -2.83. The van der Waals surface area contributed by atoms with Crippen LogP contribution in [0.5, 0.6) is 0 Å². The summed E-state index contributed by atoms with van der Waals surface area (Å²) in [6.45, 7) is 2.87. The third kappa shape index (κ3) is 4.66. The maximum Gasteiger partial charge on any atom is 0.249 e. The maximum absolute atomic E-state index is 15.1. The molecule has 0 saturated carbocycles. The van der Waals surface area contributed by atoms with E-state index in [1.54, 1.807) is 17.9 Å². The number of sulfonamides is 1. The molecule has 34 heavy (non-hydrogen) atoms. The summed E-state index contributed by atoms with van der Waals surface area (Å²) in [7, 11) is -3.67. The molecule has 0 bridgehead atoms. The first kappa shape index (κ1) is 24.2. The summed E-state index contributed by atoms with van der Waals surface area (Å²) >= 11 is 0. The molecule has 0 radical (unpaired) electrons. The van der Waals surface area contributed by atoms with Crippen molar-refractivity contribution in [3.8, 4) is 11.1 Å². The number of oxime groups is 1. The van der Waals surface area contributed by atoms with Crippen LogP contribution in [-0.4, -0.2) is 50.4 Å². The van der Waals surface area contributed by atoms with Crippen molar-refractivity contribution < 1.29 is 30.8 Å². The molecule has 0 amide bonds. The summed E-state index contributed by atoms with van der Waals surface area (Å²) in [4.78, 5) is 6.98. The lowest BCUT2D eigenvalue weighted by Gasteiger charge is -2.20. The minimum atomic E-state index is -3.67. The van der Waals surface area contributed by atoms with Gasteiger partial charge < -0.3 is 9.74 Å². The monoisotopic (exact) mass is 497 g/mol. The Morgan fingerprint density at radius 1 is 1.15 bits per heavy atom. The van der Waals surface area contributed by atoms with Gasteiger partial charge in [-0.05, 0) is 37.6 Å². The van der Waals surface area contributed by atoms with E-state index in [9.17, 15) is 21.6 Å². The Morgan fingerprint density at radius 2 is 1.82 bits per heavy atom. The summed E-state index contributed by atoms with van der Waals surface area (Å²) in [6.07, 6.45) is 0.907. The van der Waals surface area contributed by atoms with Crippen molar-refractivity contribution in [2.45, 2.75) is 32.0 Å². The van der Waals surface area contributed by atoms with E-state index in [1.165, 1.54) is 19.1 Å². The largest absolute Gasteiger partial charge is 0.386 e. The van der Waals surface area contributed by atoms with Gasteiger partial charge in [0.15, 0.2) is 6.10 Å². The molecule has 1 fully saturated rings. The molecular formula is C23H23F4N3O3S. The second-order valence-corrected chi connectivity index (χ2v) is 10.5. The van der Waals surface area contributed by atoms with Crippen LogP contribution in [0.1, 0.15) is 30.6 Å². The molecule has 2 unspecified atom stereocenters. The average Bonchev–Trinajstić information content (AvgIpc) is 3.32. The number of nitrogens with zero attached hydrogens (tertiary/aromatic N) is 3. The van der Waals surface area contributed by atoms with E-state index in [0.717, 1.165) is 24.6 Å². The minimum absolute atomic E-state index is 0.00705. The van der Waals surface area contributed by atoms with Crippen molar-refractivity contribution in [1.29, 1.82) is 0 Å². The maximum atomic E-state index is 15.1. The summed E-state index contributed by atoms with van der Waals surface area (Å²) in [5, 5.41) is 3.97. The molecule has 2 aromatic carbocycles. The highest BCUT2D eigenvalue weighted by Gasteiger charge is 2.45. The fourth-order valence-corrected chi connectivity index (χ4v) is 4.73. The van der Waals surface area contributed by atoms with E-state index in [0.29, 0.717) is 11.4 Å². The Kier molecular flexibility index (Phi) is 6.17. The van der Waals surface area contributed by atoms with Crippen LogP contribution < -0.4 is 0 Å². The van der Waals surface area contributed by atoms with Gasteiger partial charge in [-0.2, -0.15) is 4.40 Å². The molecule has 0 aliphatic carbocycles. The summed E-state index contributed by atoms with van der Waals surface area (Å²) < 4.78 is 85.7. The lowest BCUT2D eigenvalue weighted by Crippen LogP contribution is -2.32. The zero-order valence-corrected chi connectivity index (χ0v) is 19.5. The van der Waals surface area contributed by atoms with Gasteiger partial charge in [-0.1, -0.05) is 17.3 Å². The molecule has 0 N–H and O–H groups in total. The number of hydrogen-bond acceptors (Lipinski definition) is 5. The first-order chi connectivity index (χ1) is 15.9. The van der Waals surface area contributed by atoms with Crippen molar-refractivity contribution >= 4 is 22.1 Å². The zero-order chi connectivity index (χ0) is 24.8. The molecule has 2 aliphatic rings. The fraction of sp³-hybridized carbons (Fsp3) is 0.391. The molecule has 2 heterocycles. The molecule has 1 saturated heterocycles. The van der Waals surface area contributed by atoms with E-state index >= 15 is 4.39 Å². The second kappa shape index (κ2) is 8.68. The predicted molar refractivity (Wildman–Crippen MR) is 120 cm³/mol. The Morgan fingerprint density at radius 3 is 2.50 bits per heavy atom. The highest BCUT2D eigenvalue weighted by atomic mass is 32.2. The molecule has 3 atom stereocenters. The normalized spacial score (nSPS) is 25.1. The van der Waals surface area contributed by atoms with Crippen LogP contribution >= 0.6 is 0 Å². The van der Waals surface area contributed by atoms with Gasteiger partial charge >= 0.3 is 0 Å². The molecule has 2 aromatic rings. The number of aryl methyl sites for hydroxylation is 1. The molecule has 182 valence electrons. The van der Waals surface area contributed by atoms with Crippen LogP contribution in [0.15, 0.2) is 39.9 Å². The first-order valence-corrected chi connectivity index (χ1v) is 12.4. The van der Waals surface area contributed by atoms with E-state index in [1.807, 2.05) is 0 Å². The van der Waals surface area contributed by atoms with Crippen LogP contribution in [0, 0.1) is 30.3 Å². The molecule has 4 rings (SSSR count). The number of benzene rings is 2. The lowest BCUT2D eigenvalue weighted by atomic mass is 9.91. The molecule has 0 spiro atoms. The first-order valence-electron chi connectivity index (χ1n) is 10.5. The molecule has 2 aliphatic heterocycles. The second-order valence-electron chi connectivity index (χ2n) is 8.81. The zero-order valence-electron chi connectivity index (χ0n) is 18.7. The Hall–Kier alpha value is -2.95. The van der Waals surface area contributed by atoms with Crippen molar-refractivity contribution in [3.63, 3.8) is 0 Å². The van der Waals surface area contributed by atoms with E-state index in [-0.39, 0.29) is 36.2 Å². The van der Waals surface area contributed by atoms with E-state index in [4.69, 9.17) is 4.84 Å². The van der Waals surface area contributed by atoms with Crippen molar-refractivity contribution in [3.05, 3.63) is 58.9 Å². The fourth-order valence-electron chi connectivity index (χ4n) is 4.36. The van der Waals surface area contributed by atoms with Gasteiger partial charge in [-0.15, -0.1) is 0 Å². The Bertz CT molecular complexity index is 1270. The Labute approximate surface area is 195 Å². The number of likely N-dealkylation sites (tertiary alicyclic amines) is 1. The van der Waals surface area contributed by atoms with Gasteiger partial charge in [-0.3, -0.25) is 0 Å². The van der Waals surface area contributed by atoms with Gasteiger partial charge in [0.05, 0.1) is 19.2 Å². The van der Waals surface area contributed by atoms with Crippen LogP contribution in [-0.2, 0) is 14.9 Å². The van der Waals surface area contributed by atoms with Gasteiger partial charge in [0.1, 0.15) is 29.0 Å². The molecule has 6 nitrogen and oxygen atoms in total. The van der Waals surface area contributed by atoms with E-state index < -0.39 is 45.2 Å². The number of rotatable bonds is 4. The highest BCUT2D eigenvalue weighted by molar-refractivity contribution is 7.89. The van der Waals surface area contributed by atoms with Gasteiger partial charge in [0, 0.05) is 35.4 Å². The van der Waals surface area contributed by atoms with E-state index in [2.05, 4.69) is 9.55 Å². The van der Waals surface area contributed by atoms with Crippen LogP contribution in [0.3, 0.4) is 0 Å². The van der Waals surface area contributed by atoms with Crippen LogP contribution in [0.2, 0.25) is 0 Å². The Balaban J connectivity index is 1.63. The quantitative estimate of drug-likeness (QED) is 0.459. The van der Waals surface area contributed by atoms with Crippen molar-refractivity contribution in [2.75, 3.05) is 19.3 Å². The standard InChI is InChI=1S/C23H23F4N3O3S/c1-13-5-4-6-15(24)20(13)22-17(26)8-7-16(25)21(22)18-9-19(29-33-18)30-11-14(23(2,27)12-30)10-28-34(3,31)32/h4-8,10,14,18H,9,11-12H2,1-3H3/b28-10+/t14?,18?,23-/m0/s1. The van der Waals surface area contributed by atoms with Crippen LogP contribution in [0.4, 0.5) is 17.6 Å². The topological polar surface area (TPSA) is 71.3 Å². The SMILES string of the molecule is Cc1cccc(F)c1-c1c(F)ccc(F)c1C1CC(N2CC(/C=N/S(C)(=O)=O)[C@@](C)(F)C2)=NO1.